The van der Waals surface area contributed by atoms with Crippen LogP contribution in [0.5, 0.6) is 0 Å². The second-order valence-corrected chi connectivity index (χ2v) is 5.97. The van der Waals surface area contributed by atoms with Crippen molar-refractivity contribution in [1.82, 2.24) is 5.32 Å². The molecule has 0 unspecified atom stereocenters. The van der Waals surface area contributed by atoms with Crippen molar-refractivity contribution in [3.8, 4) is 0 Å². The third-order valence-electron chi connectivity index (χ3n) is 3.19. The van der Waals surface area contributed by atoms with Crippen molar-refractivity contribution >= 4 is 34.6 Å². The number of benzene rings is 1. The molecule has 1 heterocycles. The fraction of sp³-hybridized carbons (Fsp3) is 0.235. The van der Waals surface area contributed by atoms with Gasteiger partial charge in [0.1, 0.15) is 0 Å². The smallest absolute Gasteiger partial charge is 0.261 e. The summed E-state index contributed by atoms with van der Waals surface area (Å²) in [5.41, 5.74) is 1.27. The highest BCUT2D eigenvalue weighted by Gasteiger charge is 2.07. The van der Waals surface area contributed by atoms with Gasteiger partial charge in [-0.05, 0) is 49.1 Å². The quantitative estimate of drug-likeness (QED) is 0.605. The highest BCUT2D eigenvalue weighted by molar-refractivity contribution is 7.12. The van der Waals surface area contributed by atoms with E-state index in [-0.39, 0.29) is 17.6 Å². The van der Waals surface area contributed by atoms with E-state index in [1.807, 2.05) is 11.4 Å². The van der Waals surface area contributed by atoms with E-state index >= 15 is 0 Å². The highest BCUT2D eigenvalue weighted by Crippen LogP contribution is 2.11. The van der Waals surface area contributed by atoms with Gasteiger partial charge in [0, 0.05) is 24.2 Å². The molecular formula is C17H18N2O3S. The number of amides is 2. The third-order valence-corrected chi connectivity index (χ3v) is 4.05. The van der Waals surface area contributed by atoms with Crippen LogP contribution in [0.4, 0.5) is 5.69 Å². The van der Waals surface area contributed by atoms with E-state index in [1.54, 1.807) is 30.3 Å². The molecule has 2 aromatic rings. The van der Waals surface area contributed by atoms with Crippen molar-refractivity contribution in [2.45, 2.75) is 19.8 Å². The first-order valence-corrected chi connectivity index (χ1v) is 8.17. The van der Waals surface area contributed by atoms with Gasteiger partial charge in [0.2, 0.25) is 5.91 Å². The zero-order chi connectivity index (χ0) is 16.7. The number of Topliss-reactive ketones (excluding diaryl/α,β-unsaturated/α-hetero) is 1. The summed E-state index contributed by atoms with van der Waals surface area (Å²) in [5, 5.41) is 7.39. The molecule has 0 aliphatic rings. The summed E-state index contributed by atoms with van der Waals surface area (Å²) in [6.07, 6.45) is 0.883. The molecule has 2 rings (SSSR count). The maximum Gasteiger partial charge on any atom is 0.261 e. The molecule has 0 bridgehead atoms. The number of anilines is 1. The van der Waals surface area contributed by atoms with Gasteiger partial charge in [-0.15, -0.1) is 11.3 Å². The second kappa shape index (κ2) is 8.24. The van der Waals surface area contributed by atoms with Crippen LogP contribution in [0.1, 0.15) is 39.8 Å². The largest absolute Gasteiger partial charge is 0.351 e. The van der Waals surface area contributed by atoms with Crippen LogP contribution < -0.4 is 10.6 Å². The Morgan fingerprint density at radius 1 is 1.09 bits per heavy atom. The molecule has 0 aliphatic heterocycles. The molecule has 0 radical (unpaired) electrons. The van der Waals surface area contributed by atoms with Gasteiger partial charge in [-0.3, -0.25) is 14.4 Å². The Bertz CT molecular complexity index is 678. The van der Waals surface area contributed by atoms with Crippen LogP contribution in [0, 0.1) is 0 Å². The standard InChI is InChI=1S/C17H18N2O3S/c1-12(20)13-6-8-14(9-7-13)19-16(21)5-2-10-18-17(22)15-4-3-11-23-15/h3-4,6-9,11H,2,5,10H2,1H3,(H,18,22)(H,19,21). The van der Waals surface area contributed by atoms with E-state index in [4.69, 9.17) is 0 Å². The van der Waals surface area contributed by atoms with Crippen molar-refractivity contribution < 1.29 is 14.4 Å². The first-order chi connectivity index (χ1) is 11.1. The van der Waals surface area contributed by atoms with Crippen LogP contribution in [0.25, 0.3) is 0 Å². The van der Waals surface area contributed by atoms with Gasteiger partial charge >= 0.3 is 0 Å². The maximum absolute atomic E-state index is 11.8. The number of thiophene rings is 1. The Labute approximate surface area is 138 Å². The van der Waals surface area contributed by atoms with Crippen molar-refractivity contribution in [1.29, 1.82) is 0 Å². The summed E-state index contributed by atoms with van der Waals surface area (Å²) in [5.74, 6) is -0.240. The molecule has 120 valence electrons. The van der Waals surface area contributed by atoms with Gasteiger partial charge in [0.15, 0.2) is 5.78 Å². The minimum Gasteiger partial charge on any atom is -0.351 e. The highest BCUT2D eigenvalue weighted by atomic mass is 32.1. The van der Waals surface area contributed by atoms with Crippen LogP contribution in [-0.4, -0.2) is 24.1 Å². The molecule has 0 saturated carbocycles. The van der Waals surface area contributed by atoms with Crippen molar-refractivity contribution in [3.63, 3.8) is 0 Å². The van der Waals surface area contributed by atoms with E-state index in [0.29, 0.717) is 35.5 Å². The predicted molar refractivity (Wildman–Crippen MR) is 91.0 cm³/mol. The monoisotopic (exact) mass is 330 g/mol. The number of carbonyl (C=O) groups excluding carboxylic acids is 3. The van der Waals surface area contributed by atoms with Gasteiger partial charge in [-0.25, -0.2) is 0 Å². The molecule has 0 spiro atoms. The summed E-state index contributed by atoms with van der Waals surface area (Å²) in [6, 6.07) is 10.3. The van der Waals surface area contributed by atoms with E-state index in [9.17, 15) is 14.4 Å². The fourth-order valence-corrected chi connectivity index (χ4v) is 2.60. The number of rotatable bonds is 7. The number of ketones is 1. The summed E-state index contributed by atoms with van der Waals surface area (Å²) < 4.78 is 0. The van der Waals surface area contributed by atoms with Crippen LogP contribution >= 0.6 is 11.3 Å². The minimum atomic E-state index is -0.119. The van der Waals surface area contributed by atoms with Crippen molar-refractivity contribution in [2.24, 2.45) is 0 Å². The van der Waals surface area contributed by atoms with Crippen LogP contribution in [0.2, 0.25) is 0 Å². The molecule has 2 amide bonds. The zero-order valence-electron chi connectivity index (χ0n) is 12.8. The lowest BCUT2D eigenvalue weighted by Gasteiger charge is -2.06. The van der Waals surface area contributed by atoms with Gasteiger partial charge in [0.25, 0.3) is 5.91 Å². The Morgan fingerprint density at radius 3 is 2.43 bits per heavy atom. The SMILES string of the molecule is CC(=O)c1ccc(NC(=O)CCCNC(=O)c2cccs2)cc1. The van der Waals surface area contributed by atoms with E-state index in [2.05, 4.69) is 10.6 Å². The summed E-state index contributed by atoms with van der Waals surface area (Å²) >= 11 is 1.38. The zero-order valence-corrected chi connectivity index (χ0v) is 13.6. The molecule has 0 fully saturated rings. The van der Waals surface area contributed by atoms with Gasteiger partial charge < -0.3 is 10.6 Å². The number of hydrogen-bond acceptors (Lipinski definition) is 4. The Morgan fingerprint density at radius 2 is 1.83 bits per heavy atom. The van der Waals surface area contributed by atoms with Gasteiger partial charge in [0.05, 0.1) is 4.88 Å². The second-order valence-electron chi connectivity index (χ2n) is 5.02. The maximum atomic E-state index is 11.8. The first kappa shape index (κ1) is 16.9. The Balaban J connectivity index is 1.69. The first-order valence-electron chi connectivity index (χ1n) is 7.29. The molecular weight excluding hydrogens is 312 g/mol. The predicted octanol–water partition coefficient (Wildman–Crippen LogP) is 3.10. The number of hydrogen-bond donors (Lipinski definition) is 2. The molecule has 1 aromatic carbocycles. The lowest BCUT2D eigenvalue weighted by molar-refractivity contribution is -0.116. The molecule has 2 N–H and O–H groups in total. The molecule has 0 aliphatic carbocycles. The number of carbonyl (C=O) groups is 3. The van der Waals surface area contributed by atoms with E-state index in [0.717, 1.165) is 0 Å². The van der Waals surface area contributed by atoms with Gasteiger partial charge in [-0.2, -0.15) is 0 Å². The minimum absolute atomic E-state index is 0.00985. The molecule has 6 heteroatoms. The summed E-state index contributed by atoms with van der Waals surface area (Å²) in [6.45, 7) is 1.95. The van der Waals surface area contributed by atoms with Crippen LogP contribution in [-0.2, 0) is 4.79 Å². The molecule has 23 heavy (non-hydrogen) atoms. The van der Waals surface area contributed by atoms with E-state index < -0.39 is 0 Å². The van der Waals surface area contributed by atoms with Crippen molar-refractivity contribution in [3.05, 3.63) is 52.2 Å². The normalized spacial score (nSPS) is 10.1. The molecule has 5 nitrogen and oxygen atoms in total. The summed E-state index contributed by atoms with van der Waals surface area (Å²) in [7, 11) is 0. The number of nitrogens with one attached hydrogen (secondary N) is 2. The average molecular weight is 330 g/mol. The topological polar surface area (TPSA) is 75.3 Å². The van der Waals surface area contributed by atoms with Crippen molar-refractivity contribution in [2.75, 3.05) is 11.9 Å². The third kappa shape index (κ3) is 5.34. The Hall–Kier alpha value is -2.47. The van der Waals surface area contributed by atoms with E-state index in [1.165, 1.54) is 18.3 Å². The van der Waals surface area contributed by atoms with Crippen LogP contribution in [0.15, 0.2) is 41.8 Å². The lowest BCUT2D eigenvalue weighted by Crippen LogP contribution is -2.24. The fourth-order valence-electron chi connectivity index (χ4n) is 1.96. The average Bonchev–Trinajstić information content (AvgIpc) is 3.06. The molecule has 0 atom stereocenters. The summed E-state index contributed by atoms with van der Waals surface area (Å²) in [4.78, 5) is 35.4. The molecule has 1 aromatic heterocycles. The molecule has 0 saturated heterocycles. The lowest BCUT2D eigenvalue weighted by atomic mass is 10.1. The van der Waals surface area contributed by atoms with Crippen LogP contribution in [0.3, 0.4) is 0 Å². The van der Waals surface area contributed by atoms with Gasteiger partial charge in [-0.1, -0.05) is 6.07 Å². The Kier molecular flexibility index (Phi) is 6.05.